The van der Waals surface area contributed by atoms with Gasteiger partial charge in [-0.1, -0.05) is 30.3 Å². The minimum absolute atomic E-state index is 0.180. The number of hydrogen-bond acceptors (Lipinski definition) is 5. The molecular formula is C19H20N2O2S. The summed E-state index contributed by atoms with van der Waals surface area (Å²) in [6.07, 6.45) is 0.692. The molecule has 0 saturated heterocycles. The molecule has 0 aliphatic rings. The van der Waals surface area contributed by atoms with Gasteiger partial charge in [0.2, 0.25) is 0 Å². The van der Waals surface area contributed by atoms with E-state index in [9.17, 15) is 0 Å². The molecule has 0 amide bonds. The molecule has 0 aliphatic carbocycles. The van der Waals surface area contributed by atoms with E-state index in [-0.39, 0.29) is 6.61 Å². The van der Waals surface area contributed by atoms with Crippen LogP contribution in [-0.4, -0.2) is 16.7 Å². The number of nitrogens with zero attached hydrogens (tertiary/aromatic N) is 1. The maximum atomic E-state index is 8.93. The van der Waals surface area contributed by atoms with E-state index in [0.717, 1.165) is 27.7 Å². The summed E-state index contributed by atoms with van der Waals surface area (Å²) >= 11 is 1.61. The fraction of sp³-hybridized carbons (Fsp3) is 0.211. The van der Waals surface area contributed by atoms with Gasteiger partial charge in [0, 0.05) is 17.7 Å². The molecule has 0 spiro atoms. The highest BCUT2D eigenvalue weighted by Gasteiger charge is 2.03. The lowest BCUT2D eigenvalue weighted by atomic mass is 10.1. The van der Waals surface area contributed by atoms with Crippen molar-refractivity contribution >= 4 is 17.0 Å². The number of ether oxygens (including phenoxy) is 1. The highest BCUT2D eigenvalue weighted by Crippen LogP contribution is 2.16. The molecule has 1 heterocycles. The molecule has 0 bridgehead atoms. The highest BCUT2D eigenvalue weighted by atomic mass is 32.1. The first-order valence-corrected chi connectivity index (χ1v) is 8.76. The molecule has 2 N–H and O–H groups in total. The van der Waals surface area contributed by atoms with E-state index in [0.29, 0.717) is 19.6 Å². The van der Waals surface area contributed by atoms with E-state index in [4.69, 9.17) is 9.84 Å². The number of para-hydroxylation sites is 1. The number of benzene rings is 2. The van der Waals surface area contributed by atoms with E-state index >= 15 is 0 Å². The fourth-order valence-corrected chi connectivity index (χ4v) is 2.97. The predicted octanol–water partition coefficient (Wildman–Crippen LogP) is 3.87. The summed E-state index contributed by atoms with van der Waals surface area (Å²) in [4.78, 5) is 4.59. The van der Waals surface area contributed by atoms with Crippen LogP contribution in [0.1, 0.15) is 16.3 Å². The zero-order valence-electron chi connectivity index (χ0n) is 13.3. The summed E-state index contributed by atoms with van der Waals surface area (Å²) in [6, 6.07) is 17.9. The van der Waals surface area contributed by atoms with Gasteiger partial charge in [0.05, 0.1) is 12.2 Å². The van der Waals surface area contributed by atoms with Gasteiger partial charge >= 0.3 is 0 Å². The second kappa shape index (κ2) is 8.47. The molecule has 0 saturated carbocycles. The highest BCUT2D eigenvalue weighted by molar-refractivity contribution is 7.09. The van der Waals surface area contributed by atoms with Crippen LogP contribution < -0.4 is 10.1 Å². The summed E-state index contributed by atoms with van der Waals surface area (Å²) in [5.41, 5.74) is 3.19. The summed E-state index contributed by atoms with van der Waals surface area (Å²) < 4.78 is 5.71. The predicted molar refractivity (Wildman–Crippen MR) is 97.4 cm³/mol. The Morgan fingerprint density at radius 1 is 1.04 bits per heavy atom. The molecule has 0 aliphatic heterocycles. The van der Waals surface area contributed by atoms with Crippen molar-refractivity contribution in [3.05, 3.63) is 76.2 Å². The van der Waals surface area contributed by atoms with Crippen LogP contribution in [-0.2, 0) is 19.6 Å². The monoisotopic (exact) mass is 340 g/mol. The molecule has 124 valence electrons. The molecule has 1 aromatic heterocycles. The van der Waals surface area contributed by atoms with E-state index < -0.39 is 0 Å². The minimum Gasteiger partial charge on any atom is -0.486 e. The number of nitrogens with one attached hydrogen (secondary N) is 1. The van der Waals surface area contributed by atoms with E-state index in [1.54, 1.807) is 11.3 Å². The van der Waals surface area contributed by atoms with Crippen molar-refractivity contribution in [1.82, 2.24) is 4.98 Å². The average molecular weight is 340 g/mol. The maximum absolute atomic E-state index is 8.93. The van der Waals surface area contributed by atoms with Gasteiger partial charge in [-0.2, -0.15) is 0 Å². The Labute approximate surface area is 145 Å². The molecule has 3 aromatic rings. The Hall–Kier alpha value is -2.37. The Bertz CT molecular complexity index is 742. The van der Waals surface area contributed by atoms with Crippen LogP contribution in [0.4, 0.5) is 5.69 Å². The topological polar surface area (TPSA) is 54.4 Å². The van der Waals surface area contributed by atoms with Gasteiger partial charge in [0.15, 0.2) is 0 Å². The Balaban J connectivity index is 1.48. The molecule has 24 heavy (non-hydrogen) atoms. The molecule has 3 rings (SSSR count). The average Bonchev–Trinajstić information content (AvgIpc) is 3.09. The summed E-state index contributed by atoms with van der Waals surface area (Å²) in [6.45, 7) is 1.35. The molecule has 0 fully saturated rings. The first-order valence-electron chi connectivity index (χ1n) is 7.88. The van der Waals surface area contributed by atoms with Crippen LogP contribution >= 0.6 is 11.3 Å². The number of hydrogen-bond donors (Lipinski definition) is 2. The first kappa shape index (κ1) is 16.5. The number of thiazole rings is 1. The van der Waals surface area contributed by atoms with Crippen LogP contribution in [0, 0.1) is 0 Å². The van der Waals surface area contributed by atoms with Gasteiger partial charge in [-0.15, -0.1) is 11.3 Å². The molecule has 0 atom stereocenters. The van der Waals surface area contributed by atoms with Crippen LogP contribution in [0.15, 0.2) is 60.0 Å². The van der Waals surface area contributed by atoms with Crippen molar-refractivity contribution in [2.75, 3.05) is 11.9 Å². The zero-order chi connectivity index (χ0) is 16.6. The lowest BCUT2D eigenvalue weighted by Crippen LogP contribution is -2.01. The van der Waals surface area contributed by atoms with Crippen LogP contribution in [0.3, 0.4) is 0 Å². The zero-order valence-corrected chi connectivity index (χ0v) is 14.1. The third kappa shape index (κ3) is 4.81. The molecular weight excluding hydrogens is 320 g/mol. The smallest absolute Gasteiger partial charge is 0.140 e. The van der Waals surface area contributed by atoms with Crippen molar-refractivity contribution in [2.24, 2.45) is 0 Å². The molecule has 0 radical (unpaired) electrons. The number of aromatic nitrogens is 1. The Morgan fingerprint density at radius 3 is 2.58 bits per heavy atom. The normalized spacial score (nSPS) is 10.5. The van der Waals surface area contributed by atoms with E-state index in [1.807, 2.05) is 54.6 Å². The number of rotatable bonds is 8. The Morgan fingerprint density at radius 2 is 1.83 bits per heavy atom. The van der Waals surface area contributed by atoms with Gasteiger partial charge < -0.3 is 15.2 Å². The molecule has 5 heteroatoms. The second-order valence-corrected chi connectivity index (χ2v) is 6.30. The molecule has 4 nitrogen and oxygen atoms in total. The summed E-state index contributed by atoms with van der Waals surface area (Å²) in [7, 11) is 0. The number of anilines is 1. The maximum Gasteiger partial charge on any atom is 0.140 e. The summed E-state index contributed by atoms with van der Waals surface area (Å²) in [5.74, 6) is 0.857. The summed E-state index contributed by atoms with van der Waals surface area (Å²) in [5, 5.41) is 15.3. The second-order valence-electron chi connectivity index (χ2n) is 5.36. The first-order chi connectivity index (χ1) is 11.8. The quantitative estimate of drug-likeness (QED) is 0.654. The van der Waals surface area contributed by atoms with Crippen molar-refractivity contribution in [3.8, 4) is 5.75 Å². The third-order valence-electron chi connectivity index (χ3n) is 3.53. The van der Waals surface area contributed by atoms with E-state index in [2.05, 4.69) is 15.7 Å². The number of aliphatic hydroxyl groups excluding tert-OH is 1. The molecule has 0 unspecified atom stereocenters. The fourth-order valence-electron chi connectivity index (χ4n) is 2.27. The van der Waals surface area contributed by atoms with Crippen LogP contribution in [0.2, 0.25) is 0 Å². The van der Waals surface area contributed by atoms with Crippen molar-refractivity contribution in [2.45, 2.75) is 19.6 Å². The Kier molecular flexibility index (Phi) is 5.82. The third-order valence-corrected chi connectivity index (χ3v) is 4.40. The van der Waals surface area contributed by atoms with Crippen molar-refractivity contribution in [3.63, 3.8) is 0 Å². The van der Waals surface area contributed by atoms with Crippen LogP contribution in [0.25, 0.3) is 0 Å². The van der Waals surface area contributed by atoms with Gasteiger partial charge in [0.1, 0.15) is 17.4 Å². The standard InChI is InChI=1S/C19H20N2O2S/c22-11-10-15-6-8-16(9-7-15)20-12-17-14-24-19(21-17)13-23-18-4-2-1-3-5-18/h1-9,14,20,22H,10-13H2. The van der Waals surface area contributed by atoms with Crippen molar-refractivity contribution < 1.29 is 9.84 Å². The number of aliphatic hydroxyl groups is 1. The van der Waals surface area contributed by atoms with E-state index in [1.165, 1.54) is 0 Å². The van der Waals surface area contributed by atoms with Crippen molar-refractivity contribution in [1.29, 1.82) is 0 Å². The lowest BCUT2D eigenvalue weighted by molar-refractivity contribution is 0.299. The molecule has 2 aromatic carbocycles. The minimum atomic E-state index is 0.180. The van der Waals surface area contributed by atoms with Gasteiger partial charge in [-0.25, -0.2) is 4.98 Å². The van der Waals surface area contributed by atoms with Crippen LogP contribution in [0.5, 0.6) is 5.75 Å². The lowest BCUT2D eigenvalue weighted by Gasteiger charge is -2.06. The van der Waals surface area contributed by atoms with Gasteiger partial charge in [0.25, 0.3) is 0 Å². The van der Waals surface area contributed by atoms with Gasteiger partial charge in [-0.3, -0.25) is 0 Å². The van der Waals surface area contributed by atoms with Gasteiger partial charge in [-0.05, 0) is 36.2 Å². The SMILES string of the molecule is OCCc1ccc(NCc2csc(COc3ccccc3)n2)cc1. The largest absolute Gasteiger partial charge is 0.486 e.